The molecule has 0 saturated heterocycles. The number of ketones is 1. The third kappa shape index (κ3) is 8.49. The summed E-state index contributed by atoms with van der Waals surface area (Å²) in [5.41, 5.74) is -0.123. The SMILES string of the molecule is CCOCC1(COC)N=c2ccc(=C3C(=O)C(c4ccc5c6c(cccc46)NC(COCC(=O)OC(C)(C)C)(COCC(=O)OC(C)(C)C)N5)=C3O)c3cccc(c23)N1. The smallest absolute Gasteiger partial charge is 0.332 e. The molecule has 2 heterocycles. The molecule has 2 aliphatic heterocycles. The Bertz CT molecular complexity index is 2450. The lowest BCUT2D eigenvalue weighted by Gasteiger charge is -2.41. The Balaban J connectivity index is 1.23. The van der Waals surface area contributed by atoms with Gasteiger partial charge in [-0.15, -0.1) is 0 Å². The van der Waals surface area contributed by atoms with Gasteiger partial charge in [0, 0.05) is 41.6 Å². The largest absolute Gasteiger partial charge is 0.506 e. The van der Waals surface area contributed by atoms with Crippen molar-refractivity contribution in [2.75, 3.05) is 69.3 Å². The maximum atomic E-state index is 14.2. The Labute approximate surface area is 342 Å². The number of allylic oxidation sites excluding steroid dienone is 2. The van der Waals surface area contributed by atoms with Crippen molar-refractivity contribution in [3.05, 3.63) is 82.6 Å². The minimum Gasteiger partial charge on any atom is -0.506 e. The molecule has 0 aromatic heterocycles. The van der Waals surface area contributed by atoms with E-state index in [-0.39, 0.29) is 55.7 Å². The molecule has 4 aromatic carbocycles. The summed E-state index contributed by atoms with van der Waals surface area (Å²) in [7, 11) is 1.62. The number of methoxy groups -OCH3 is 1. The maximum absolute atomic E-state index is 14.2. The van der Waals surface area contributed by atoms with Gasteiger partial charge in [-0.05, 0) is 94.3 Å². The highest BCUT2D eigenvalue weighted by Gasteiger charge is 2.40. The molecule has 0 fully saturated rings. The topological polar surface area (TPSA) is 175 Å². The Morgan fingerprint density at radius 1 is 0.695 bits per heavy atom. The van der Waals surface area contributed by atoms with Crippen LogP contribution in [-0.2, 0) is 42.8 Å². The van der Waals surface area contributed by atoms with Crippen LogP contribution < -0.4 is 26.5 Å². The van der Waals surface area contributed by atoms with Crippen molar-refractivity contribution in [1.29, 1.82) is 0 Å². The van der Waals surface area contributed by atoms with Crippen molar-refractivity contribution in [3.8, 4) is 0 Å². The quantitative estimate of drug-likeness (QED) is 0.120. The van der Waals surface area contributed by atoms with E-state index in [4.69, 9.17) is 33.4 Å². The first-order valence-corrected chi connectivity index (χ1v) is 19.7. The number of esters is 2. The summed E-state index contributed by atoms with van der Waals surface area (Å²) in [4.78, 5) is 44.3. The van der Waals surface area contributed by atoms with Crippen LogP contribution in [0.1, 0.15) is 54.0 Å². The van der Waals surface area contributed by atoms with Crippen molar-refractivity contribution in [1.82, 2.24) is 0 Å². The predicted molar refractivity (Wildman–Crippen MR) is 225 cm³/mol. The summed E-state index contributed by atoms with van der Waals surface area (Å²) in [6, 6.07) is 18.7. The highest BCUT2D eigenvalue weighted by atomic mass is 16.6. The molecule has 1 aliphatic carbocycles. The van der Waals surface area contributed by atoms with E-state index in [0.29, 0.717) is 35.4 Å². The van der Waals surface area contributed by atoms with E-state index in [9.17, 15) is 19.5 Å². The average Bonchev–Trinajstić information content (AvgIpc) is 3.15. The molecule has 4 aromatic rings. The van der Waals surface area contributed by atoms with Crippen molar-refractivity contribution >= 4 is 67.5 Å². The second-order valence-corrected chi connectivity index (χ2v) is 17.0. The van der Waals surface area contributed by atoms with Gasteiger partial charge in [0.1, 0.15) is 30.2 Å². The van der Waals surface area contributed by atoms with Gasteiger partial charge >= 0.3 is 11.9 Å². The number of rotatable bonds is 14. The fourth-order valence-corrected chi connectivity index (χ4v) is 7.83. The molecule has 4 N–H and O–H groups in total. The number of carbonyl (C=O) groups is 3. The van der Waals surface area contributed by atoms with E-state index in [1.165, 1.54) is 0 Å². The van der Waals surface area contributed by atoms with E-state index in [0.717, 1.165) is 32.6 Å². The summed E-state index contributed by atoms with van der Waals surface area (Å²) in [6.45, 7) is 13.0. The number of Topliss-reactive ketones (excluding diaryl/α,β-unsaturated/α-hetero) is 1. The molecule has 59 heavy (non-hydrogen) atoms. The maximum Gasteiger partial charge on any atom is 0.332 e. The van der Waals surface area contributed by atoms with Crippen molar-refractivity contribution in [3.63, 3.8) is 0 Å². The van der Waals surface area contributed by atoms with Crippen LogP contribution in [-0.4, -0.2) is 98.7 Å². The number of hydrogen-bond donors (Lipinski definition) is 4. The zero-order chi connectivity index (χ0) is 42.3. The molecular formula is C45H52N4O10. The second kappa shape index (κ2) is 15.9. The summed E-state index contributed by atoms with van der Waals surface area (Å²) in [5.74, 6) is -1.44. The predicted octanol–water partition coefficient (Wildman–Crippen LogP) is 5.37. The molecule has 14 heteroatoms. The Hall–Kier alpha value is -5.54. The van der Waals surface area contributed by atoms with Crippen LogP contribution in [0.3, 0.4) is 0 Å². The molecule has 0 spiro atoms. The summed E-state index contributed by atoms with van der Waals surface area (Å²) >= 11 is 0. The van der Waals surface area contributed by atoms with Gasteiger partial charge < -0.3 is 49.5 Å². The number of anilines is 3. The van der Waals surface area contributed by atoms with Gasteiger partial charge in [0.25, 0.3) is 0 Å². The zero-order valence-corrected chi connectivity index (χ0v) is 34.8. The standard InChI is InChI=1S/C45H52N4O10/c1-9-55-23-44(22-54-8)46-30-14-10-12-26-28(16-18-32(48-44)36(26)30)38-40(52)39(41(38)53)29-17-19-33-37-27(29)13-11-15-31(37)47-45(49-33,24-56-20-34(50)58-42(2,3)4)25-57-21-35(51)59-43(5,6)7/h10-19,46-47,49,52H,9,20-25H2,1-8H3. The van der Waals surface area contributed by atoms with Crippen LogP contribution in [0.4, 0.5) is 17.1 Å². The van der Waals surface area contributed by atoms with E-state index < -0.39 is 34.5 Å². The van der Waals surface area contributed by atoms with Crippen LogP contribution in [0, 0.1) is 0 Å². The highest BCUT2D eigenvalue weighted by Crippen LogP contribution is 2.45. The fraction of sp³-hybridized carbons (Fsp3) is 0.422. The van der Waals surface area contributed by atoms with Crippen LogP contribution in [0.25, 0.3) is 32.7 Å². The van der Waals surface area contributed by atoms with Crippen LogP contribution >= 0.6 is 0 Å². The summed E-state index contributed by atoms with van der Waals surface area (Å²) in [6.07, 6.45) is 0. The van der Waals surface area contributed by atoms with Gasteiger partial charge in [-0.2, -0.15) is 0 Å². The van der Waals surface area contributed by atoms with E-state index >= 15 is 0 Å². The molecular weight excluding hydrogens is 757 g/mol. The molecule has 0 bridgehead atoms. The van der Waals surface area contributed by atoms with E-state index in [1.807, 2.05) is 61.5 Å². The van der Waals surface area contributed by atoms with Gasteiger partial charge in [0.05, 0.1) is 42.9 Å². The average molecular weight is 809 g/mol. The van der Waals surface area contributed by atoms with E-state index in [2.05, 4.69) is 16.0 Å². The monoisotopic (exact) mass is 808 g/mol. The third-order valence-corrected chi connectivity index (χ3v) is 9.88. The third-order valence-electron chi connectivity index (χ3n) is 9.88. The molecule has 0 amide bonds. The number of benzene rings is 4. The van der Waals surface area contributed by atoms with Gasteiger partial charge in [0.2, 0.25) is 5.78 Å². The van der Waals surface area contributed by atoms with Crippen LogP contribution in [0.5, 0.6) is 0 Å². The fourth-order valence-electron chi connectivity index (χ4n) is 7.83. The number of nitrogens with zero attached hydrogens (tertiary/aromatic N) is 1. The molecule has 312 valence electrons. The lowest BCUT2D eigenvalue weighted by atomic mass is 9.79. The Morgan fingerprint density at radius 3 is 1.86 bits per heavy atom. The molecule has 1 unspecified atom stereocenters. The molecule has 14 nitrogen and oxygen atoms in total. The number of ether oxygens (including phenoxy) is 6. The highest BCUT2D eigenvalue weighted by molar-refractivity contribution is 6.53. The molecule has 3 aliphatic rings. The van der Waals surface area contributed by atoms with Gasteiger partial charge in [-0.25, -0.2) is 9.59 Å². The van der Waals surface area contributed by atoms with Gasteiger partial charge in [-0.1, -0.05) is 36.4 Å². The lowest BCUT2D eigenvalue weighted by molar-refractivity contribution is -0.161. The number of nitrogens with one attached hydrogen (secondary N) is 3. The number of carbonyl (C=O) groups excluding carboxylic acids is 3. The number of aliphatic hydroxyl groups excluding tert-OH is 1. The van der Waals surface area contributed by atoms with Crippen molar-refractivity contribution in [2.24, 2.45) is 4.99 Å². The normalized spacial score (nSPS) is 19.0. The summed E-state index contributed by atoms with van der Waals surface area (Å²) in [5, 5.41) is 26.7. The van der Waals surface area contributed by atoms with Crippen molar-refractivity contribution < 1.29 is 47.9 Å². The Morgan fingerprint density at radius 2 is 1.29 bits per heavy atom. The molecule has 1 atom stereocenters. The molecule has 0 saturated carbocycles. The first kappa shape index (κ1) is 41.6. The van der Waals surface area contributed by atoms with Gasteiger partial charge in [-0.3, -0.25) is 9.79 Å². The zero-order valence-electron chi connectivity index (χ0n) is 34.8. The summed E-state index contributed by atoms with van der Waals surface area (Å²) < 4.78 is 33.9. The molecule has 7 rings (SSSR count). The lowest BCUT2D eigenvalue weighted by Crippen LogP contribution is -2.56. The van der Waals surface area contributed by atoms with Gasteiger partial charge in [0.15, 0.2) is 11.3 Å². The van der Waals surface area contributed by atoms with Crippen molar-refractivity contribution in [2.45, 2.75) is 71.0 Å². The minimum atomic E-state index is -1.14. The second-order valence-electron chi connectivity index (χ2n) is 17.0. The number of hydrogen-bond acceptors (Lipinski definition) is 14. The Kier molecular flexibility index (Phi) is 11.2. The first-order valence-electron chi connectivity index (χ1n) is 19.7. The first-order chi connectivity index (χ1) is 28.0. The minimum absolute atomic E-state index is 0.0575. The van der Waals surface area contributed by atoms with Crippen LogP contribution in [0.2, 0.25) is 0 Å². The number of aliphatic hydroxyl groups is 1. The van der Waals surface area contributed by atoms with Crippen LogP contribution in [0.15, 0.2) is 71.4 Å². The van der Waals surface area contributed by atoms with E-state index in [1.54, 1.807) is 54.7 Å². The molecule has 0 radical (unpaired) electrons.